The number of hydrogen-bond acceptors (Lipinski definition) is 5. The number of likely N-dealkylation sites (tertiary alicyclic amines) is 1. The molecule has 2 fully saturated rings. The molecule has 0 radical (unpaired) electrons. The molecular formula is C15H21N5O. The second-order valence-corrected chi connectivity index (χ2v) is 6.16. The van der Waals surface area contributed by atoms with Gasteiger partial charge in [0, 0.05) is 24.4 Å². The molecule has 3 heterocycles. The Kier molecular flexibility index (Phi) is 3.47. The second kappa shape index (κ2) is 5.60. The number of nitrogens with zero attached hydrogens (tertiary/aromatic N) is 5. The lowest BCUT2D eigenvalue weighted by Crippen LogP contribution is -2.41. The third-order valence-corrected chi connectivity index (χ3v) is 4.45. The van der Waals surface area contributed by atoms with E-state index in [4.69, 9.17) is 4.42 Å². The molecule has 21 heavy (non-hydrogen) atoms. The minimum atomic E-state index is 0.509. The predicted molar refractivity (Wildman–Crippen MR) is 76.5 cm³/mol. The largest absolute Gasteiger partial charge is 0.424 e. The highest BCUT2D eigenvalue weighted by Gasteiger charge is 2.30. The van der Waals surface area contributed by atoms with Gasteiger partial charge >= 0.3 is 0 Å². The summed E-state index contributed by atoms with van der Waals surface area (Å²) in [6.45, 7) is 2.81. The quantitative estimate of drug-likeness (QED) is 0.843. The minimum Gasteiger partial charge on any atom is -0.424 e. The van der Waals surface area contributed by atoms with Crippen molar-refractivity contribution in [3.63, 3.8) is 0 Å². The van der Waals surface area contributed by atoms with Crippen molar-refractivity contribution in [2.45, 2.75) is 57.2 Å². The molecule has 1 atom stereocenters. The van der Waals surface area contributed by atoms with E-state index in [1.165, 1.54) is 32.1 Å². The fourth-order valence-corrected chi connectivity index (χ4v) is 3.10. The zero-order chi connectivity index (χ0) is 14.1. The van der Waals surface area contributed by atoms with Crippen LogP contribution in [0.2, 0.25) is 0 Å². The number of hydrogen-bond donors (Lipinski definition) is 0. The van der Waals surface area contributed by atoms with Gasteiger partial charge in [0.2, 0.25) is 11.8 Å². The van der Waals surface area contributed by atoms with Gasteiger partial charge in [-0.15, -0.1) is 10.2 Å². The Morgan fingerprint density at radius 2 is 2.14 bits per heavy atom. The van der Waals surface area contributed by atoms with Crippen molar-refractivity contribution in [3.8, 4) is 0 Å². The van der Waals surface area contributed by atoms with Crippen molar-refractivity contribution < 1.29 is 4.42 Å². The number of aromatic nitrogens is 4. The molecule has 1 aliphatic heterocycles. The van der Waals surface area contributed by atoms with Crippen LogP contribution < -0.4 is 0 Å². The van der Waals surface area contributed by atoms with Crippen molar-refractivity contribution in [1.29, 1.82) is 0 Å². The van der Waals surface area contributed by atoms with Crippen LogP contribution in [0.4, 0.5) is 0 Å². The highest BCUT2D eigenvalue weighted by Crippen LogP contribution is 2.39. The molecule has 2 aromatic rings. The van der Waals surface area contributed by atoms with E-state index in [1.807, 2.05) is 23.1 Å². The Hall–Kier alpha value is -1.69. The molecule has 112 valence electrons. The first-order chi connectivity index (χ1) is 10.4. The van der Waals surface area contributed by atoms with Crippen LogP contribution in [-0.4, -0.2) is 37.5 Å². The summed E-state index contributed by atoms with van der Waals surface area (Å²) in [6.07, 6.45) is 10.0. The Bertz CT molecular complexity index is 575. The van der Waals surface area contributed by atoms with Crippen molar-refractivity contribution in [1.82, 2.24) is 24.9 Å². The third kappa shape index (κ3) is 3.00. The van der Waals surface area contributed by atoms with Gasteiger partial charge in [0.1, 0.15) is 0 Å². The average Bonchev–Trinajstić information content (AvgIpc) is 3.03. The number of piperidine rings is 1. The van der Waals surface area contributed by atoms with E-state index >= 15 is 0 Å². The Morgan fingerprint density at radius 3 is 2.95 bits per heavy atom. The lowest BCUT2D eigenvalue weighted by atomic mass is 10.0. The van der Waals surface area contributed by atoms with E-state index in [0.29, 0.717) is 12.0 Å². The van der Waals surface area contributed by atoms with Crippen molar-refractivity contribution >= 4 is 0 Å². The molecule has 0 amide bonds. The SMILES string of the molecule is c1cnn(C[C@@H]2CCCCN2Cc2nnc(C3CC3)o2)c1. The summed E-state index contributed by atoms with van der Waals surface area (Å²) in [7, 11) is 0. The Balaban J connectivity index is 1.42. The molecule has 6 nitrogen and oxygen atoms in total. The van der Waals surface area contributed by atoms with Gasteiger partial charge in [-0.25, -0.2) is 0 Å². The van der Waals surface area contributed by atoms with Gasteiger partial charge < -0.3 is 4.42 Å². The van der Waals surface area contributed by atoms with E-state index in [0.717, 1.165) is 31.4 Å². The highest BCUT2D eigenvalue weighted by molar-refractivity contribution is 5.00. The highest BCUT2D eigenvalue weighted by atomic mass is 16.4. The fraction of sp³-hybridized carbons (Fsp3) is 0.667. The van der Waals surface area contributed by atoms with Crippen molar-refractivity contribution in [3.05, 3.63) is 30.2 Å². The van der Waals surface area contributed by atoms with Gasteiger partial charge in [0.05, 0.1) is 13.1 Å². The van der Waals surface area contributed by atoms with Gasteiger partial charge in [-0.05, 0) is 38.3 Å². The zero-order valence-corrected chi connectivity index (χ0v) is 12.2. The first-order valence-electron chi connectivity index (χ1n) is 7.92. The summed E-state index contributed by atoms with van der Waals surface area (Å²) in [5.41, 5.74) is 0. The Labute approximate surface area is 124 Å². The van der Waals surface area contributed by atoms with E-state index in [1.54, 1.807) is 0 Å². The van der Waals surface area contributed by atoms with Crippen LogP contribution in [0.1, 0.15) is 49.8 Å². The van der Waals surface area contributed by atoms with Gasteiger partial charge in [-0.3, -0.25) is 9.58 Å². The first kappa shape index (κ1) is 13.0. The van der Waals surface area contributed by atoms with E-state index < -0.39 is 0 Å². The summed E-state index contributed by atoms with van der Waals surface area (Å²) in [5.74, 6) is 2.14. The first-order valence-corrected chi connectivity index (χ1v) is 7.92. The van der Waals surface area contributed by atoms with Gasteiger partial charge in [-0.1, -0.05) is 6.42 Å². The smallest absolute Gasteiger partial charge is 0.230 e. The molecule has 0 unspecified atom stereocenters. The van der Waals surface area contributed by atoms with Gasteiger partial charge in [-0.2, -0.15) is 5.10 Å². The summed E-state index contributed by atoms with van der Waals surface area (Å²) in [6, 6.07) is 2.49. The molecule has 4 rings (SSSR count). The third-order valence-electron chi connectivity index (χ3n) is 4.45. The summed E-state index contributed by atoms with van der Waals surface area (Å²) in [5, 5.41) is 12.7. The molecule has 0 bridgehead atoms. The molecular weight excluding hydrogens is 266 g/mol. The fourth-order valence-electron chi connectivity index (χ4n) is 3.10. The molecule has 1 aliphatic carbocycles. The van der Waals surface area contributed by atoms with Crippen LogP contribution in [0, 0.1) is 0 Å². The maximum absolute atomic E-state index is 5.81. The van der Waals surface area contributed by atoms with Gasteiger partial charge in [0.15, 0.2) is 0 Å². The molecule has 2 aliphatic rings. The Morgan fingerprint density at radius 1 is 1.19 bits per heavy atom. The maximum Gasteiger partial charge on any atom is 0.230 e. The second-order valence-electron chi connectivity index (χ2n) is 6.16. The van der Waals surface area contributed by atoms with E-state index in [-0.39, 0.29) is 0 Å². The minimum absolute atomic E-state index is 0.509. The van der Waals surface area contributed by atoms with Crippen LogP contribution in [0.5, 0.6) is 0 Å². The molecule has 0 N–H and O–H groups in total. The van der Waals surface area contributed by atoms with Crippen molar-refractivity contribution in [2.75, 3.05) is 6.54 Å². The van der Waals surface area contributed by atoms with Crippen LogP contribution in [0.3, 0.4) is 0 Å². The summed E-state index contributed by atoms with van der Waals surface area (Å²) in [4.78, 5) is 2.47. The lowest BCUT2D eigenvalue weighted by Gasteiger charge is -2.34. The normalized spacial score (nSPS) is 23.5. The standard InChI is InChI=1S/C15H21N5O/c1-2-8-19(13(4-1)10-20-9-3-7-16-20)11-14-17-18-15(21-14)12-5-6-12/h3,7,9,12-13H,1-2,4-6,8,10-11H2/t13-/m0/s1. The molecule has 0 aromatic carbocycles. The van der Waals surface area contributed by atoms with Crippen LogP contribution in [0.25, 0.3) is 0 Å². The molecule has 1 saturated heterocycles. The van der Waals surface area contributed by atoms with Crippen LogP contribution >= 0.6 is 0 Å². The monoisotopic (exact) mass is 287 g/mol. The van der Waals surface area contributed by atoms with Crippen LogP contribution in [0.15, 0.2) is 22.9 Å². The van der Waals surface area contributed by atoms with E-state index in [9.17, 15) is 0 Å². The summed E-state index contributed by atoms with van der Waals surface area (Å²) >= 11 is 0. The predicted octanol–water partition coefficient (Wildman–Crippen LogP) is 2.20. The topological polar surface area (TPSA) is 60.0 Å². The van der Waals surface area contributed by atoms with E-state index in [2.05, 4.69) is 20.2 Å². The summed E-state index contributed by atoms with van der Waals surface area (Å²) < 4.78 is 7.83. The van der Waals surface area contributed by atoms with Gasteiger partial charge in [0.25, 0.3) is 0 Å². The maximum atomic E-state index is 5.81. The zero-order valence-electron chi connectivity index (χ0n) is 12.2. The number of rotatable bonds is 5. The molecule has 1 saturated carbocycles. The molecule has 6 heteroatoms. The van der Waals surface area contributed by atoms with Crippen LogP contribution in [-0.2, 0) is 13.1 Å². The average molecular weight is 287 g/mol. The lowest BCUT2D eigenvalue weighted by molar-refractivity contribution is 0.110. The molecule has 0 spiro atoms. The molecule has 2 aromatic heterocycles. The van der Waals surface area contributed by atoms with Crippen molar-refractivity contribution in [2.24, 2.45) is 0 Å².